The fourth-order valence-electron chi connectivity index (χ4n) is 0.762. The molecule has 0 aromatic carbocycles. The van der Waals surface area contributed by atoms with Crippen molar-refractivity contribution in [3.05, 3.63) is 0 Å². The standard InChI is InChI=1S/C7H14O5S/c1-7(2,6(8)12-3)4-5-13(9,10)11/h4-5H2,1-3H3,(H,9,10,11). The lowest BCUT2D eigenvalue weighted by Crippen LogP contribution is -2.28. The van der Waals surface area contributed by atoms with Crippen molar-refractivity contribution < 1.29 is 22.5 Å². The first-order chi connectivity index (χ1) is 5.69. The molecule has 1 N–H and O–H groups in total. The molecule has 0 radical (unpaired) electrons. The largest absolute Gasteiger partial charge is 0.469 e. The topological polar surface area (TPSA) is 80.7 Å². The summed E-state index contributed by atoms with van der Waals surface area (Å²) in [5.74, 6) is -0.925. The zero-order valence-corrected chi connectivity index (χ0v) is 8.72. The lowest BCUT2D eigenvalue weighted by Gasteiger charge is -2.19. The minimum atomic E-state index is -4.01. The fourth-order valence-corrected chi connectivity index (χ4v) is 1.53. The van der Waals surface area contributed by atoms with Crippen LogP contribution >= 0.6 is 0 Å². The maximum absolute atomic E-state index is 11.1. The average molecular weight is 210 g/mol. The number of hydrogen-bond acceptors (Lipinski definition) is 4. The molecule has 0 amide bonds. The Morgan fingerprint density at radius 1 is 1.46 bits per heavy atom. The van der Waals surface area contributed by atoms with Crippen LogP contribution in [-0.2, 0) is 19.6 Å². The van der Waals surface area contributed by atoms with Crippen LogP contribution in [0.5, 0.6) is 0 Å². The number of rotatable bonds is 4. The summed E-state index contributed by atoms with van der Waals surface area (Å²) in [5, 5.41) is 0. The van der Waals surface area contributed by atoms with Gasteiger partial charge in [-0.2, -0.15) is 8.42 Å². The van der Waals surface area contributed by atoms with Crippen LogP contribution in [0.25, 0.3) is 0 Å². The molecule has 0 rings (SSSR count). The molecule has 0 atom stereocenters. The molecule has 0 aromatic heterocycles. The van der Waals surface area contributed by atoms with Crippen LogP contribution in [0, 0.1) is 5.41 Å². The van der Waals surface area contributed by atoms with Crippen LogP contribution in [-0.4, -0.2) is 31.8 Å². The van der Waals surface area contributed by atoms with E-state index >= 15 is 0 Å². The van der Waals surface area contributed by atoms with Gasteiger partial charge in [0, 0.05) is 0 Å². The van der Waals surface area contributed by atoms with Crippen molar-refractivity contribution in [3.63, 3.8) is 0 Å². The zero-order valence-electron chi connectivity index (χ0n) is 7.90. The van der Waals surface area contributed by atoms with Gasteiger partial charge in [0.05, 0.1) is 18.3 Å². The molecule has 0 unspecified atom stereocenters. The van der Waals surface area contributed by atoms with Gasteiger partial charge < -0.3 is 4.74 Å². The molecule has 5 nitrogen and oxygen atoms in total. The highest BCUT2D eigenvalue weighted by Crippen LogP contribution is 2.22. The van der Waals surface area contributed by atoms with Crippen molar-refractivity contribution in [2.45, 2.75) is 20.3 Å². The highest BCUT2D eigenvalue weighted by molar-refractivity contribution is 7.85. The van der Waals surface area contributed by atoms with Crippen molar-refractivity contribution in [1.29, 1.82) is 0 Å². The van der Waals surface area contributed by atoms with E-state index in [0.717, 1.165) is 0 Å². The molecule has 6 heteroatoms. The van der Waals surface area contributed by atoms with Crippen LogP contribution in [0.3, 0.4) is 0 Å². The Labute approximate surface area is 77.8 Å². The lowest BCUT2D eigenvalue weighted by atomic mass is 9.91. The van der Waals surface area contributed by atoms with E-state index in [4.69, 9.17) is 4.55 Å². The van der Waals surface area contributed by atoms with E-state index in [2.05, 4.69) is 4.74 Å². The molecule has 0 aliphatic heterocycles. The van der Waals surface area contributed by atoms with Crippen molar-refractivity contribution in [2.75, 3.05) is 12.9 Å². The number of esters is 1. The van der Waals surface area contributed by atoms with E-state index in [1.54, 1.807) is 13.8 Å². The zero-order chi connectivity index (χ0) is 10.7. The SMILES string of the molecule is COC(=O)C(C)(C)CCS(=O)(=O)O. The van der Waals surface area contributed by atoms with E-state index < -0.39 is 27.3 Å². The minimum absolute atomic E-state index is 0.0402. The van der Waals surface area contributed by atoms with Gasteiger partial charge in [-0.1, -0.05) is 0 Å². The number of carbonyl (C=O) groups is 1. The highest BCUT2D eigenvalue weighted by Gasteiger charge is 2.29. The van der Waals surface area contributed by atoms with Crippen LogP contribution < -0.4 is 0 Å². The Kier molecular flexibility index (Phi) is 3.87. The van der Waals surface area contributed by atoms with Crippen LogP contribution in [0.1, 0.15) is 20.3 Å². The van der Waals surface area contributed by atoms with Gasteiger partial charge in [0.1, 0.15) is 0 Å². The monoisotopic (exact) mass is 210 g/mol. The maximum Gasteiger partial charge on any atom is 0.311 e. The van der Waals surface area contributed by atoms with Gasteiger partial charge in [-0.25, -0.2) is 0 Å². The van der Waals surface area contributed by atoms with E-state index in [1.807, 2.05) is 0 Å². The van der Waals surface area contributed by atoms with Crippen molar-refractivity contribution in [2.24, 2.45) is 5.41 Å². The third-order valence-electron chi connectivity index (χ3n) is 1.72. The molecule has 0 aliphatic rings. The summed E-state index contributed by atoms with van der Waals surface area (Å²) >= 11 is 0. The molecule has 0 aliphatic carbocycles. The minimum Gasteiger partial charge on any atom is -0.469 e. The highest BCUT2D eigenvalue weighted by atomic mass is 32.2. The summed E-state index contributed by atoms with van der Waals surface area (Å²) in [6, 6.07) is 0. The molecule has 0 saturated heterocycles. The van der Waals surface area contributed by atoms with E-state index in [0.29, 0.717) is 0 Å². The van der Waals surface area contributed by atoms with Gasteiger partial charge in [-0.15, -0.1) is 0 Å². The average Bonchev–Trinajstić information content (AvgIpc) is 1.98. The van der Waals surface area contributed by atoms with Gasteiger partial charge in [-0.3, -0.25) is 9.35 Å². The number of hydrogen-bond donors (Lipinski definition) is 1. The summed E-state index contributed by atoms with van der Waals surface area (Å²) in [6.45, 7) is 3.12. The molecular weight excluding hydrogens is 196 g/mol. The van der Waals surface area contributed by atoms with Crippen LogP contribution in [0.4, 0.5) is 0 Å². The fraction of sp³-hybridized carbons (Fsp3) is 0.857. The molecule has 0 bridgehead atoms. The third kappa shape index (κ3) is 4.84. The quantitative estimate of drug-likeness (QED) is 0.538. The first-order valence-corrected chi connectivity index (χ1v) is 5.33. The summed E-state index contributed by atoms with van der Waals surface area (Å²) in [6.07, 6.45) is 0.0402. The second-order valence-electron chi connectivity index (χ2n) is 3.41. The van der Waals surface area contributed by atoms with E-state index in [1.165, 1.54) is 7.11 Å². The van der Waals surface area contributed by atoms with Gasteiger partial charge in [0.25, 0.3) is 10.1 Å². The van der Waals surface area contributed by atoms with Crippen molar-refractivity contribution in [3.8, 4) is 0 Å². The Bertz CT molecular complexity index is 277. The van der Waals surface area contributed by atoms with Gasteiger partial charge in [0.15, 0.2) is 0 Å². The third-order valence-corrected chi connectivity index (χ3v) is 2.44. The molecular formula is C7H14O5S. The second kappa shape index (κ2) is 4.06. The van der Waals surface area contributed by atoms with Gasteiger partial charge in [0.2, 0.25) is 0 Å². The molecule has 0 spiro atoms. The first kappa shape index (κ1) is 12.4. The summed E-state index contributed by atoms with van der Waals surface area (Å²) < 4.78 is 33.7. The van der Waals surface area contributed by atoms with E-state index in [9.17, 15) is 13.2 Å². The summed E-state index contributed by atoms with van der Waals surface area (Å²) in [7, 11) is -2.77. The maximum atomic E-state index is 11.1. The lowest BCUT2D eigenvalue weighted by molar-refractivity contribution is -0.150. The molecule has 0 fully saturated rings. The number of carbonyl (C=O) groups excluding carboxylic acids is 1. The predicted molar refractivity (Wildman–Crippen MR) is 46.8 cm³/mol. The van der Waals surface area contributed by atoms with Crippen molar-refractivity contribution in [1.82, 2.24) is 0 Å². The normalized spacial score (nSPS) is 12.6. The van der Waals surface area contributed by atoms with Crippen molar-refractivity contribution >= 4 is 16.1 Å². The Morgan fingerprint density at radius 3 is 2.23 bits per heavy atom. The Morgan fingerprint density at radius 2 is 1.92 bits per heavy atom. The van der Waals surface area contributed by atoms with Gasteiger partial charge >= 0.3 is 5.97 Å². The summed E-state index contributed by atoms with van der Waals surface area (Å²) in [4.78, 5) is 11.1. The Balaban J connectivity index is 4.27. The van der Waals surface area contributed by atoms with Crippen LogP contribution in [0.2, 0.25) is 0 Å². The Hall–Kier alpha value is -0.620. The molecule has 13 heavy (non-hydrogen) atoms. The molecule has 0 heterocycles. The molecule has 0 saturated carbocycles. The van der Waals surface area contributed by atoms with Gasteiger partial charge in [-0.05, 0) is 20.3 Å². The predicted octanol–water partition coefficient (Wildman–Crippen LogP) is 0.463. The van der Waals surface area contributed by atoms with E-state index in [-0.39, 0.29) is 6.42 Å². The number of methoxy groups -OCH3 is 1. The van der Waals surface area contributed by atoms with Crippen LogP contribution in [0.15, 0.2) is 0 Å². The first-order valence-electron chi connectivity index (χ1n) is 3.72. The second-order valence-corrected chi connectivity index (χ2v) is 4.98. The number of ether oxygens (including phenoxy) is 1. The summed E-state index contributed by atoms with van der Waals surface area (Å²) in [5.41, 5.74) is -0.884. The molecule has 0 aromatic rings. The molecule has 78 valence electrons. The smallest absolute Gasteiger partial charge is 0.311 e.